The second-order valence-corrected chi connectivity index (χ2v) is 6.14. The molecule has 7 heteroatoms. The first-order valence-corrected chi connectivity index (χ1v) is 8.31. The maximum absolute atomic E-state index is 12.2. The number of amides is 1. The normalized spacial score (nSPS) is 10.5. The van der Waals surface area contributed by atoms with Crippen molar-refractivity contribution in [3.8, 4) is 5.75 Å². The number of nitrogens with zero attached hydrogens (tertiary/aromatic N) is 1. The van der Waals surface area contributed by atoms with Crippen LogP contribution in [0.25, 0.3) is 0 Å². The number of benzene rings is 2. The molecule has 0 aliphatic rings. The Kier molecular flexibility index (Phi) is 5.58. The fourth-order valence-corrected chi connectivity index (χ4v) is 2.55. The molecule has 0 atom stereocenters. The molecule has 2 N–H and O–H groups in total. The Hall–Kier alpha value is -2.50. The maximum atomic E-state index is 12.2. The number of ether oxygens (including phenoxy) is 1. The van der Waals surface area contributed by atoms with Crippen molar-refractivity contribution in [2.45, 2.75) is 13.2 Å². The molecule has 0 aliphatic carbocycles. The smallest absolute Gasteiger partial charge is 0.272 e. The van der Waals surface area contributed by atoms with Gasteiger partial charge in [0.25, 0.3) is 5.91 Å². The zero-order valence-corrected chi connectivity index (χ0v) is 14.6. The SMILES string of the molecule is O=C(NCc1cc(Cl)ccc1Cl)c1cc(COc2ccccc2)[nH]n1. The number of para-hydroxylation sites is 1. The summed E-state index contributed by atoms with van der Waals surface area (Å²) in [6, 6.07) is 16.2. The van der Waals surface area contributed by atoms with Gasteiger partial charge in [-0.3, -0.25) is 9.89 Å². The van der Waals surface area contributed by atoms with Crippen molar-refractivity contribution in [1.29, 1.82) is 0 Å². The monoisotopic (exact) mass is 375 g/mol. The van der Waals surface area contributed by atoms with E-state index >= 15 is 0 Å². The van der Waals surface area contributed by atoms with Crippen molar-refractivity contribution in [1.82, 2.24) is 15.5 Å². The van der Waals surface area contributed by atoms with E-state index in [0.29, 0.717) is 22.3 Å². The van der Waals surface area contributed by atoms with E-state index in [1.807, 2.05) is 30.3 Å². The van der Waals surface area contributed by atoms with Gasteiger partial charge in [0.1, 0.15) is 18.1 Å². The van der Waals surface area contributed by atoms with Crippen molar-refractivity contribution >= 4 is 29.1 Å². The molecule has 0 bridgehead atoms. The summed E-state index contributed by atoms with van der Waals surface area (Å²) in [6.07, 6.45) is 0. The first kappa shape index (κ1) is 17.3. The first-order valence-electron chi connectivity index (χ1n) is 7.56. The minimum absolute atomic E-state index is 0.265. The molecule has 1 aromatic heterocycles. The molecule has 128 valence electrons. The molecular weight excluding hydrogens is 361 g/mol. The lowest BCUT2D eigenvalue weighted by atomic mass is 10.2. The van der Waals surface area contributed by atoms with Crippen molar-refractivity contribution < 1.29 is 9.53 Å². The van der Waals surface area contributed by atoms with Crippen LogP contribution in [0.15, 0.2) is 54.6 Å². The molecule has 3 aromatic rings. The molecule has 0 unspecified atom stereocenters. The maximum Gasteiger partial charge on any atom is 0.272 e. The van der Waals surface area contributed by atoms with Gasteiger partial charge in [-0.25, -0.2) is 0 Å². The highest BCUT2D eigenvalue weighted by molar-refractivity contribution is 6.33. The summed E-state index contributed by atoms with van der Waals surface area (Å²) in [7, 11) is 0. The number of halogens is 2. The van der Waals surface area contributed by atoms with E-state index < -0.39 is 0 Å². The third-order valence-corrected chi connectivity index (χ3v) is 4.05. The van der Waals surface area contributed by atoms with Gasteiger partial charge in [0.15, 0.2) is 0 Å². The summed E-state index contributed by atoms with van der Waals surface area (Å²) in [5, 5.41) is 10.7. The van der Waals surface area contributed by atoms with Crippen LogP contribution in [0.3, 0.4) is 0 Å². The van der Waals surface area contributed by atoms with Gasteiger partial charge in [-0.15, -0.1) is 0 Å². The molecule has 0 saturated heterocycles. The van der Waals surface area contributed by atoms with E-state index in [1.165, 1.54) is 0 Å². The van der Waals surface area contributed by atoms with Crippen LogP contribution in [0.4, 0.5) is 0 Å². The van der Waals surface area contributed by atoms with E-state index in [1.54, 1.807) is 24.3 Å². The van der Waals surface area contributed by atoms with E-state index in [0.717, 1.165) is 11.3 Å². The highest BCUT2D eigenvalue weighted by atomic mass is 35.5. The van der Waals surface area contributed by atoms with Gasteiger partial charge < -0.3 is 10.1 Å². The largest absolute Gasteiger partial charge is 0.487 e. The number of aromatic amines is 1. The third kappa shape index (κ3) is 4.75. The quantitative estimate of drug-likeness (QED) is 0.677. The van der Waals surface area contributed by atoms with E-state index in [4.69, 9.17) is 27.9 Å². The van der Waals surface area contributed by atoms with Crippen molar-refractivity contribution in [2.75, 3.05) is 0 Å². The summed E-state index contributed by atoms with van der Waals surface area (Å²) in [5.74, 6) is 0.442. The molecule has 0 aliphatic heterocycles. The van der Waals surface area contributed by atoms with Crippen LogP contribution in [-0.4, -0.2) is 16.1 Å². The number of H-pyrrole nitrogens is 1. The lowest BCUT2D eigenvalue weighted by molar-refractivity contribution is 0.0946. The molecule has 0 spiro atoms. The zero-order chi connectivity index (χ0) is 17.6. The Morgan fingerprint density at radius 3 is 2.72 bits per heavy atom. The third-order valence-electron chi connectivity index (χ3n) is 3.45. The topological polar surface area (TPSA) is 67.0 Å². The molecule has 1 amide bonds. The Morgan fingerprint density at radius 1 is 1.12 bits per heavy atom. The second-order valence-electron chi connectivity index (χ2n) is 5.30. The van der Waals surface area contributed by atoms with Crippen LogP contribution in [0.2, 0.25) is 10.0 Å². The summed E-state index contributed by atoms with van der Waals surface area (Å²) in [5.41, 5.74) is 1.73. The summed E-state index contributed by atoms with van der Waals surface area (Å²) >= 11 is 12.0. The van der Waals surface area contributed by atoms with Gasteiger partial charge in [0, 0.05) is 16.6 Å². The van der Waals surface area contributed by atoms with E-state index in [9.17, 15) is 4.79 Å². The van der Waals surface area contributed by atoms with E-state index in [2.05, 4.69) is 15.5 Å². The fraction of sp³-hybridized carbons (Fsp3) is 0.111. The van der Waals surface area contributed by atoms with Crippen molar-refractivity contribution in [3.05, 3.63) is 81.6 Å². The Bertz CT molecular complexity index is 866. The molecule has 2 aromatic carbocycles. The second kappa shape index (κ2) is 8.05. The van der Waals surface area contributed by atoms with Crippen LogP contribution in [0.5, 0.6) is 5.75 Å². The number of nitrogens with one attached hydrogen (secondary N) is 2. The predicted octanol–water partition coefficient (Wildman–Crippen LogP) is 4.23. The van der Waals surface area contributed by atoms with Crippen LogP contribution in [-0.2, 0) is 13.2 Å². The molecule has 0 saturated carbocycles. The van der Waals surface area contributed by atoms with Gasteiger partial charge in [0.2, 0.25) is 0 Å². The zero-order valence-electron chi connectivity index (χ0n) is 13.1. The van der Waals surface area contributed by atoms with Crippen LogP contribution in [0.1, 0.15) is 21.7 Å². The van der Waals surface area contributed by atoms with Crippen molar-refractivity contribution in [2.24, 2.45) is 0 Å². The minimum atomic E-state index is -0.307. The highest BCUT2D eigenvalue weighted by Crippen LogP contribution is 2.20. The predicted molar refractivity (Wildman–Crippen MR) is 97.0 cm³/mol. The number of hydrogen-bond acceptors (Lipinski definition) is 3. The Balaban J connectivity index is 1.56. The van der Waals surface area contributed by atoms with Gasteiger partial charge in [-0.05, 0) is 42.0 Å². The average Bonchev–Trinajstić information content (AvgIpc) is 3.10. The van der Waals surface area contributed by atoms with Gasteiger partial charge in [0.05, 0.1) is 5.69 Å². The first-order chi connectivity index (χ1) is 12.1. The van der Waals surface area contributed by atoms with E-state index in [-0.39, 0.29) is 18.1 Å². The molecule has 3 rings (SSSR count). The van der Waals surface area contributed by atoms with Gasteiger partial charge in [-0.1, -0.05) is 41.4 Å². The van der Waals surface area contributed by atoms with Crippen LogP contribution >= 0.6 is 23.2 Å². The van der Waals surface area contributed by atoms with Crippen LogP contribution in [0, 0.1) is 0 Å². The molecule has 0 fully saturated rings. The lowest BCUT2D eigenvalue weighted by Crippen LogP contribution is -2.23. The number of rotatable bonds is 6. The summed E-state index contributed by atoms with van der Waals surface area (Å²) in [6.45, 7) is 0.561. The van der Waals surface area contributed by atoms with Gasteiger partial charge in [-0.2, -0.15) is 5.10 Å². The molecular formula is C18H15Cl2N3O2. The summed E-state index contributed by atoms with van der Waals surface area (Å²) in [4.78, 5) is 12.2. The fourth-order valence-electron chi connectivity index (χ4n) is 2.17. The number of hydrogen-bond donors (Lipinski definition) is 2. The average molecular weight is 376 g/mol. The standard InChI is InChI=1S/C18H15Cl2N3O2/c19-13-6-7-16(20)12(8-13)10-21-18(24)17-9-14(22-23-17)11-25-15-4-2-1-3-5-15/h1-9H,10-11H2,(H,21,24)(H,22,23). The summed E-state index contributed by atoms with van der Waals surface area (Å²) < 4.78 is 5.61. The molecule has 1 heterocycles. The molecule has 25 heavy (non-hydrogen) atoms. The minimum Gasteiger partial charge on any atom is -0.487 e. The van der Waals surface area contributed by atoms with Crippen molar-refractivity contribution in [3.63, 3.8) is 0 Å². The number of carbonyl (C=O) groups is 1. The van der Waals surface area contributed by atoms with Crippen LogP contribution < -0.4 is 10.1 Å². The molecule has 5 nitrogen and oxygen atoms in total. The van der Waals surface area contributed by atoms with Gasteiger partial charge >= 0.3 is 0 Å². The number of aromatic nitrogens is 2. The Morgan fingerprint density at radius 2 is 1.92 bits per heavy atom. The number of carbonyl (C=O) groups excluding carboxylic acids is 1. The molecule has 0 radical (unpaired) electrons. The highest BCUT2D eigenvalue weighted by Gasteiger charge is 2.11. The Labute approximate surface area is 154 Å². The lowest BCUT2D eigenvalue weighted by Gasteiger charge is -2.06.